The van der Waals surface area contributed by atoms with Crippen LogP contribution >= 0.6 is 23.4 Å². The molecule has 1 atom stereocenters. The first-order valence-corrected chi connectivity index (χ1v) is 7.45. The number of nitrogens with one attached hydrogen (secondary N) is 1. The Morgan fingerprint density at radius 1 is 1.11 bits per heavy atom. The molecule has 0 saturated heterocycles. The number of hydrogen-bond donors (Lipinski definition) is 1. The standard InChI is InChI=1S/C15H16ClNS/c1-11(12-6-8-13(16)9-7-12)17-14-4-3-5-15(10-14)18-2/h3-11,17H,1-2H3. The van der Waals surface area contributed by atoms with Crippen LogP contribution in [0.1, 0.15) is 18.5 Å². The first-order valence-electron chi connectivity index (χ1n) is 5.85. The highest BCUT2D eigenvalue weighted by molar-refractivity contribution is 7.98. The maximum absolute atomic E-state index is 5.89. The first kappa shape index (κ1) is 13.3. The fraction of sp³-hybridized carbons (Fsp3) is 0.200. The van der Waals surface area contributed by atoms with Crippen molar-refractivity contribution >= 4 is 29.1 Å². The van der Waals surface area contributed by atoms with E-state index in [0.29, 0.717) is 0 Å². The molecular formula is C15H16ClNS. The minimum Gasteiger partial charge on any atom is -0.378 e. The van der Waals surface area contributed by atoms with E-state index in [1.807, 2.05) is 12.1 Å². The molecule has 0 heterocycles. The summed E-state index contributed by atoms with van der Waals surface area (Å²) in [6, 6.07) is 16.7. The lowest BCUT2D eigenvalue weighted by Gasteiger charge is -2.16. The zero-order valence-corrected chi connectivity index (χ0v) is 12.1. The van der Waals surface area contributed by atoms with E-state index < -0.39 is 0 Å². The van der Waals surface area contributed by atoms with Gasteiger partial charge in [-0.25, -0.2) is 0 Å². The summed E-state index contributed by atoms with van der Waals surface area (Å²) < 4.78 is 0. The van der Waals surface area contributed by atoms with Crippen LogP contribution in [0.5, 0.6) is 0 Å². The molecule has 0 amide bonds. The Balaban J connectivity index is 2.10. The number of halogens is 1. The summed E-state index contributed by atoms with van der Waals surface area (Å²) >= 11 is 7.64. The van der Waals surface area contributed by atoms with Gasteiger partial charge in [0.1, 0.15) is 0 Å². The molecule has 1 N–H and O–H groups in total. The van der Waals surface area contributed by atoms with Gasteiger partial charge in [0.05, 0.1) is 0 Å². The largest absolute Gasteiger partial charge is 0.378 e. The summed E-state index contributed by atoms with van der Waals surface area (Å²) in [4.78, 5) is 1.27. The van der Waals surface area contributed by atoms with E-state index in [2.05, 4.69) is 54.9 Å². The van der Waals surface area contributed by atoms with Crippen LogP contribution in [-0.2, 0) is 0 Å². The van der Waals surface area contributed by atoms with Crippen LogP contribution < -0.4 is 5.32 Å². The summed E-state index contributed by atoms with van der Waals surface area (Å²) in [7, 11) is 0. The van der Waals surface area contributed by atoms with E-state index >= 15 is 0 Å². The molecule has 1 nitrogen and oxygen atoms in total. The average molecular weight is 278 g/mol. The third-order valence-electron chi connectivity index (χ3n) is 2.82. The second-order valence-electron chi connectivity index (χ2n) is 4.15. The predicted octanol–water partition coefficient (Wildman–Crippen LogP) is 5.24. The molecule has 94 valence electrons. The molecule has 0 aromatic heterocycles. The lowest BCUT2D eigenvalue weighted by molar-refractivity contribution is 0.884. The van der Waals surface area contributed by atoms with Gasteiger partial charge in [-0.05, 0) is 49.1 Å². The second-order valence-corrected chi connectivity index (χ2v) is 5.47. The van der Waals surface area contributed by atoms with Crippen molar-refractivity contribution in [3.8, 4) is 0 Å². The van der Waals surface area contributed by atoms with Crippen LogP contribution in [0.3, 0.4) is 0 Å². The Bertz CT molecular complexity index is 510. The summed E-state index contributed by atoms with van der Waals surface area (Å²) in [5.41, 5.74) is 2.37. The van der Waals surface area contributed by atoms with Crippen molar-refractivity contribution in [3.63, 3.8) is 0 Å². The third kappa shape index (κ3) is 3.44. The predicted molar refractivity (Wildman–Crippen MR) is 81.7 cm³/mol. The van der Waals surface area contributed by atoms with Gasteiger partial charge < -0.3 is 5.32 Å². The smallest absolute Gasteiger partial charge is 0.0485 e. The van der Waals surface area contributed by atoms with Gasteiger partial charge in [0.2, 0.25) is 0 Å². The maximum atomic E-state index is 5.89. The van der Waals surface area contributed by atoms with Crippen molar-refractivity contribution in [2.24, 2.45) is 0 Å². The van der Waals surface area contributed by atoms with Crippen molar-refractivity contribution in [2.75, 3.05) is 11.6 Å². The molecule has 0 fully saturated rings. The van der Waals surface area contributed by atoms with Gasteiger partial charge in [-0.15, -0.1) is 11.8 Å². The van der Waals surface area contributed by atoms with Gasteiger partial charge in [-0.1, -0.05) is 29.8 Å². The lowest BCUT2D eigenvalue weighted by atomic mass is 10.1. The van der Waals surface area contributed by atoms with Gasteiger partial charge in [0, 0.05) is 21.6 Å². The Morgan fingerprint density at radius 3 is 2.50 bits per heavy atom. The Hall–Kier alpha value is -1.12. The molecule has 0 radical (unpaired) electrons. The quantitative estimate of drug-likeness (QED) is 0.768. The number of benzene rings is 2. The van der Waals surface area contributed by atoms with Crippen LogP contribution in [-0.4, -0.2) is 6.26 Å². The normalized spacial score (nSPS) is 12.2. The highest BCUT2D eigenvalue weighted by Crippen LogP contribution is 2.24. The lowest BCUT2D eigenvalue weighted by Crippen LogP contribution is -2.06. The molecule has 2 rings (SSSR count). The van der Waals surface area contributed by atoms with Crippen LogP contribution in [0.4, 0.5) is 5.69 Å². The van der Waals surface area contributed by atoms with Crippen LogP contribution in [0.2, 0.25) is 5.02 Å². The van der Waals surface area contributed by atoms with E-state index in [4.69, 9.17) is 11.6 Å². The van der Waals surface area contributed by atoms with Gasteiger partial charge in [-0.2, -0.15) is 0 Å². The molecule has 2 aromatic carbocycles. The average Bonchev–Trinajstić information content (AvgIpc) is 2.39. The van der Waals surface area contributed by atoms with Gasteiger partial charge in [0.25, 0.3) is 0 Å². The van der Waals surface area contributed by atoms with Crippen molar-refractivity contribution in [2.45, 2.75) is 17.9 Å². The minimum absolute atomic E-state index is 0.263. The highest BCUT2D eigenvalue weighted by atomic mass is 35.5. The second kappa shape index (κ2) is 6.17. The van der Waals surface area contributed by atoms with Gasteiger partial charge in [-0.3, -0.25) is 0 Å². The van der Waals surface area contributed by atoms with Crippen molar-refractivity contribution in [1.82, 2.24) is 0 Å². The number of thioether (sulfide) groups is 1. The molecule has 0 spiro atoms. The van der Waals surface area contributed by atoms with Crippen molar-refractivity contribution in [1.29, 1.82) is 0 Å². The summed E-state index contributed by atoms with van der Waals surface area (Å²) in [6.45, 7) is 2.15. The molecule has 0 aliphatic carbocycles. The van der Waals surface area contributed by atoms with Crippen LogP contribution in [0.25, 0.3) is 0 Å². The van der Waals surface area contributed by atoms with E-state index in [1.54, 1.807) is 11.8 Å². The van der Waals surface area contributed by atoms with Crippen LogP contribution in [0.15, 0.2) is 53.4 Å². The molecule has 0 bridgehead atoms. The number of hydrogen-bond acceptors (Lipinski definition) is 2. The minimum atomic E-state index is 0.263. The zero-order valence-electron chi connectivity index (χ0n) is 10.5. The molecule has 0 saturated carbocycles. The Morgan fingerprint density at radius 2 is 1.83 bits per heavy atom. The first-order chi connectivity index (χ1) is 8.69. The molecule has 0 aliphatic rings. The highest BCUT2D eigenvalue weighted by Gasteiger charge is 2.05. The summed E-state index contributed by atoms with van der Waals surface area (Å²) in [6.07, 6.45) is 2.09. The fourth-order valence-electron chi connectivity index (χ4n) is 1.80. The topological polar surface area (TPSA) is 12.0 Å². The van der Waals surface area contributed by atoms with Crippen molar-refractivity contribution < 1.29 is 0 Å². The van der Waals surface area contributed by atoms with Crippen LogP contribution in [0, 0.1) is 0 Å². The fourth-order valence-corrected chi connectivity index (χ4v) is 2.38. The zero-order chi connectivity index (χ0) is 13.0. The van der Waals surface area contributed by atoms with E-state index in [-0.39, 0.29) is 6.04 Å². The SMILES string of the molecule is CSc1cccc(NC(C)c2ccc(Cl)cc2)c1. The van der Waals surface area contributed by atoms with Crippen molar-refractivity contribution in [3.05, 3.63) is 59.1 Å². The monoisotopic (exact) mass is 277 g/mol. The molecule has 2 aromatic rings. The van der Waals surface area contributed by atoms with E-state index in [9.17, 15) is 0 Å². The number of anilines is 1. The molecule has 3 heteroatoms. The van der Waals surface area contributed by atoms with E-state index in [1.165, 1.54) is 10.5 Å². The van der Waals surface area contributed by atoms with Gasteiger partial charge in [0.15, 0.2) is 0 Å². The van der Waals surface area contributed by atoms with Gasteiger partial charge >= 0.3 is 0 Å². The third-order valence-corrected chi connectivity index (χ3v) is 3.80. The molecule has 18 heavy (non-hydrogen) atoms. The Labute approximate surface area is 118 Å². The summed E-state index contributed by atoms with van der Waals surface area (Å²) in [5, 5.41) is 4.27. The summed E-state index contributed by atoms with van der Waals surface area (Å²) in [5.74, 6) is 0. The van der Waals surface area contributed by atoms with E-state index in [0.717, 1.165) is 10.7 Å². The Kier molecular flexibility index (Phi) is 4.56. The molecule has 0 aliphatic heterocycles. The molecular weight excluding hydrogens is 262 g/mol. The molecule has 1 unspecified atom stereocenters. The maximum Gasteiger partial charge on any atom is 0.0485 e. The number of rotatable bonds is 4.